The van der Waals surface area contributed by atoms with E-state index in [2.05, 4.69) is 20.6 Å². The van der Waals surface area contributed by atoms with Crippen LogP contribution in [0, 0.1) is 0 Å². The summed E-state index contributed by atoms with van der Waals surface area (Å²) in [7, 11) is 0. The second-order valence-electron chi connectivity index (χ2n) is 2.66. The number of hydrogen-bond acceptors (Lipinski definition) is 5. The fourth-order valence-corrected chi connectivity index (χ4v) is 1.08. The van der Waals surface area contributed by atoms with Crippen LogP contribution in [0.2, 0.25) is 0 Å². The Morgan fingerprint density at radius 1 is 1.60 bits per heavy atom. The molecule has 2 aromatic heterocycles. The summed E-state index contributed by atoms with van der Waals surface area (Å²) in [6.45, 7) is 2.02. The maximum atomic E-state index is 11.1. The van der Waals surface area contributed by atoms with Crippen molar-refractivity contribution in [3.63, 3.8) is 0 Å². The Kier molecular flexibility index (Phi) is 2.44. The molecule has 78 valence electrons. The van der Waals surface area contributed by atoms with Crippen LogP contribution in [0.4, 0.5) is 10.7 Å². The van der Waals surface area contributed by atoms with E-state index >= 15 is 0 Å². The van der Waals surface area contributed by atoms with E-state index in [4.69, 9.17) is 4.74 Å². The third kappa shape index (κ3) is 1.85. The number of nitrogens with zero attached hydrogens (tertiary/aromatic N) is 4. The van der Waals surface area contributed by atoms with Gasteiger partial charge in [0.2, 0.25) is 0 Å². The van der Waals surface area contributed by atoms with E-state index in [1.807, 2.05) is 0 Å². The van der Waals surface area contributed by atoms with Crippen LogP contribution < -0.4 is 5.32 Å². The van der Waals surface area contributed by atoms with Crippen LogP contribution in [0.25, 0.3) is 5.65 Å². The van der Waals surface area contributed by atoms with Gasteiger partial charge in [-0.25, -0.2) is 4.79 Å². The van der Waals surface area contributed by atoms with Gasteiger partial charge in [0.1, 0.15) is 0 Å². The third-order valence-electron chi connectivity index (χ3n) is 1.67. The van der Waals surface area contributed by atoms with Crippen molar-refractivity contribution in [2.45, 2.75) is 6.92 Å². The Bertz CT molecular complexity index is 481. The Morgan fingerprint density at radius 3 is 3.27 bits per heavy atom. The van der Waals surface area contributed by atoms with Gasteiger partial charge in [0.05, 0.1) is 6.61 Å². The van der Waals surface area contributed by atoms with E-state index < -0.39 is 6.09 Å². The van der Waals surface area contributed by atoms with Crippen molar-refractivity contribution in [2.75, 3.05) is 11.9 Å². The number of nitrogens with one attached hydrogen (secondary N) is 1. The van der Waals surface area contributed by atoms with Crippen molar-refractivity contribution in [1.29, 1.82) is 0 Å². The van der Waals surface area contributed by atoms with E-state index in [0.717, 1.165) is 0 Å². The first kappa shape index (κ1) is 9.38. The highest BCUT2D eigenvalue weighted by molar-refractivity contribution is 5.82. The molecule has 0 aliphatic carbocycles. The molecule has 0 spiro atoms. The Balaban J connectivity index is 2.25. The van der Waals surface area contributed by atoms with Gasteiger partial charge in [0.15, 0.2) is 5.65 Å². The molecule has 0 radical (unpaired) electrons. The quantitative estimate of drug-likeness (QED) is 0.783. The lowest BCUT2D eigenvalue weighted by Gasteiger charge is -2.01. The lowest BCUT2D eigenvalue weighted by molar-refractivity contribution is 0.167. The maximum Gasteiger partial charge on any atom is 0.414 e. The van der Waals surface area contributed by atoms with E-state index in [9.17, 15) is 4.79 Å². The molecule has 7 heteroatoms. The molecule has 0 aromatic carbocycles. The van der Waals surface area contributed by atoms with Gasteiger partial charge in [0, 0.05) is 6.20 Å². The maximum absolute atomic E-state index is 11.1. The van der Waals surface area contributed by atoms with Gasteiger partial charge in [-0.1, -0.05) is 0 Å². The number of carbonyl (C=O) groups is 1. The molecular weight excluding hydrogens is 198 g/mol. The first-order chi connectivity index (χ1) is 7.31. The summed E-state index contributed by atoms with van der Waals surface area (Å²) < 4.78 is 6.12. The fraction of sp³-hybridized carbons (Fsp3) is 0.250. The molecule has 0 saturated carbocycles. The molecule has 1 amide bonds. The highest BCUT2D eigenvalue weighted by atomic mass is 16.5. The van der Waals surface area contributed by atoms with Crippen molar-refractivity contribution in [3.8, 4) is 0 Å². The molecule has 1 N–H and O–H groups in total. The Hall–Kier alpha value is -2.18. The summed E-state index contributed by atoms with van der Waals surface area (Å²) in [5.74, 6) is 0.240. The minimum absolute atomic E-state index is 0.240. The Labute approximate surface area is 85.1 Å². The molecule has 2 heterocycles. The van der Waals surface area contributed by atoms with E-state index in [0.29, 0.717) is 12.3 Å². The van der Waals surface area contributed by atoms with E-state index in [-0.39, 0.29) is 5.95 Å². The normalized spacial score (nSPS) is 10.2. The Morgan fingerprint density at radius 2 is 2.47 bits per heavy atom. The molecule has 0 saturated heterocycles. The third-order valence-corrected chi connectivity index (χ3v) is 1.67. The number of amides is 1. The fourth-order valence-electron chi connectivity index (χ4n) is 1.08. The monoisotopic (exact) mass is 207 g/mol. The smallest absolute Gasteiger partial charge is 0.414 e. The predicted molar refractivity (Wildman–Crippen MR) is 51.4 cm³/mol. The lowest BCUT2D eigenvalue weighted by atomic mass is 10.6. The van der Waals surface area contributed by atoms with Crippen molar-refractivity contribution < 1.29 is 9.53 Å². The molecule has 0 fully saturated rings. The molecule has 2 aromatic rings. The number of aromatic nitrogens is 4. The number of fused-ring (bicyclic) bond motifs is 1. The van der Waals surface area contributed by atoms with Gasteiger partial charge in [-0.05, 0) is 19.1 Å². The van der Waals surface area contributed by atoms with Crippen molar-refractivity contribution in [3.05, 3.63) is 18.3 Å². The van der Waals surface area contributed by atoms with Gasteiger partial charge in [0.25, 0.3) is 5.95 Å². The SMILES string of the molecule is CCOC(=O)Nc1nnc2cccnn12. The van der Waals surface area contributed by atoms with Crippen LogP contribution in [-0.2, 0) is 4.74 Å². The molecule has 0 aliphatic heterocycles. The second kappa shape index (κ2) is 3.91. The first-order valence-electron chi connectivity index (χ1n) is 4.41. The summed E-state index contributed by atoms with van der Waals surface area (Å²) in [6, 6.07) is 3.47. The number of hydrogen-bond donors (Lipinski definition) is 1. The van der Waals surface area contributed by atoms with Crippen LogP contribution in [0.3, 0.4) is 0 Å². The average molecular weight is 207 g/mol. The predicted octanol–water partition coefficient (Wildman–Crippen LogP) is 0.693. The summed E-state index contributed by atoms with van der Waals surface area (Å²) >= 11 is 0. The standard InChI is InChI=1S/C8H9N5O2/c1-2-15-8(14)10-7-12-11-6-4-3-5-9-13(6)7/h3-5H,2H2,1H3,(H,10,12,14). The van der Waals surface area contributed by atoms with Crippen molar-refractivity contribution >= 4 is 17.7 Å². The molecule has 15 heavy (non-hydrogen) atoms. The van der Waals surface area contributed by atoms with Gasteiger partial charge in [-0.15, -0.1) is 10.2 Å². The van der Waals surface area contributed by atoms with Gasteiger partial charge in [-0.2, -0.15) is 9.61 Å². The van der Waals surface area contributed by atoms with E-state index in [1.165, 1.54) is 4.52 Å². The summed E-state index contributed by atoms with van der Waals surface area (Å²) in [6.07, 6.45) is 1.00. The zero-order valence-corrected chi connectivity index (χ0v) is 8.04. The first-order valence-corrected chi connectivity index (χ1v) is 4.41. The molecule has 7 nitrogen and oxygen atoms in total. The minimum atomic E-state index is -0.572. The summed E-state index contributed by atoms with van der Waals surface area (Å²) in [4.78, 5) is 11.1. The van der Waals surface area contributed by atoms with Crippen molar-refractivity contribution in [2.24, 2.45) is 0 Å². The molecular formula is C8H9N5O2. The lowest BCUT2D eigenvalue weighted by Crippen LogP contribution is -2.15. The molecule has 0 bridgehead atoms. The average Bonchev–Trinajstić information content (AvgIpc) is 2.62. The topological polar surface area (TPSA) is 81.4 Å². The zero-order valence-electron chi connectivity index (χ0n) is 8.04. The number of ether oxygens (including phenoxy) is 1. The summed E-state index contributed by atoms with van der Waals surface area (Å²) in [5.41, 5.74) is 0.560. The molecule has 0 aliphatic rings. The number of rotatable bonds is 2. The largest absolute Gasteiger partial charge is 0.450 e. The number of carbonyl (C=O) groups excluding carboxylic acids is 1. The van der Waals surface area contributed by atoms with E-state index in [1.54, 1.807) is 25.3 Å². The number of anilines is 1. The van der Waals surface area contributed by atoms with Crippen LogP contribution in [0.5, 0.6) is 0 Å². The minimum Gasteiger partial charge on any atom is -0.450 e. The molecule has 0 atom stereocenters. The molecule has 0 unspecified atom stereocenters. The van der Waals surface area contributed by atoms with Crippen molar-refractivity contribution in [1.82, 2.24) is 19.8 Å². The van der Waals surface area contributed by atoms with Crippen LogP contribution in [0.1, 0.15) is 6.92 Å². The van der Waals surface area contributed by atoms with Gasteiger partial charge < -0.3 is 4.74 Å². The second-order valence-corrected chi connectivity index (χ2v) is 2.66. The summed E-state index contributed by atoms with van der Waals surface area (Å²) in [5, 5.41) is 14.0. The van der Waals surface area contributed by atoms with Gasteiger partial charge >= 0.3 is 6.09 Å². The van der Waals surface area contributed by atoms with Gasteiger partial charge in [-0.3, -0.25) is 5.32 Å². The van der Waals surface area contributed by atoms with Crippen LogP contribution >= 0.6 is 0 Å². The van der Waals surface area contributed by atoms with Crippen LogP contribution in [0.15, 0.2) is 18.3 Å². The zero-order chi connectivity index (χ0) is 10.7. The van der Waals surface area contributed by atoms with Crippen LogP contribution in [-0.4, -0.2) is 32.5 Å². The molecule has 2 rings (SSSR count). The highest BCUT2D eigenvalue weighted by Crippen LogP contribution is 2.04. The highest BCUT2D eigenvalue weighted by Gasteiger charge is 2.09.